The van der Waals surface area contributed by atoms with Crippen LogP contribution in [0.1, 0.15) is 36.1 Å². The summed E-state index contributed by atoms with van der Waals surface area (Å²) in [5.41, 5.74) is 19.9. The van der Waals surface area contributed by atoms with Gasteiger partial charge in [-0.15, -0.1) is 0 Å². The maximum absolute atomic E-state index is 4.63. The van der Waals surface area contributed by atoms with Crippen molar-refractivity contribution in [3.8, 4) is 33.4 Å². The molecular weight excluding hydrogens is 857 g/mol. The molecule has 2 nitrogen and oxygen atoms in total. The topological polar surface area (TPSA) is 6.48 Å². The number of anilines is 6. The normalized spacial score (nSPS) is 13.6. The molecule has 12 aromatic rings. The molecule has 0 N–H and O–H groups in total. The van der Waals surface area contributed by atoms with Crippen molar-refractivity contribution in [2.45, 2.75) is 19.3 Å². The number of nitrogens with zero attached hydrogens (tertiary/aromatic N) is 2. The van der Waals surface area contributed by atoms with Crippen LogP contribution in [0.25, 0.3) is 82.0 Å². The minimum absolute atomic E-state index is 0.179. The van der Waals surface area contributed by atoms with Gasteiger partial charge in [-0.1, -0.05) is 215 Å². The van der Waals surface area contributed by atoms with E-state index in [4.69, 9.17) is 0 Å². The summed E-state index contributed by atoms with van der Waals surface area (Å²) < 4.78 is 0. The molecule has 0 aliphatic carbocycles. The van der Waals surface area contributed by atoms with Crippen LogP contribution < -0.4 is 9.80 Å². The molecule has 71 heavy (non-hydrogen) atoms. The van der Waals surface area contributed by atoms with Crippen molar-refractivity contribution in [3.05, 3.63) is 271 Å². The van der Waals surface area contributed by atoms with Crippen molar-refractivity contribution in [2.24, 2.45) is 0 Å². The second-order valence-electron chi connectivity index (χ2n) is 19.7. The number of benzene rings is 12. The molecule has 0 bridgehead atoms. The SMILES string of the molecule is C=C1c2ccccc2N(c2ccc3c(-c4ccccc4-c4cccc5ccccc45)c4cc(N5c6ccccc6C(C)(C)c6ccccc65)ccc4c(-c4cccc5ccccc45)c3c2)c2ccccc21. The van der Waals surface area contributed by atoms with Crippen molar-refractivity contribution >= 4 is 82.8 Å². The molecule has 0 saturated heterocycles. The van der Waals surface area contributed by atoms with E-state index in [0.29, 0.717) is 0 Å². The van der Waals surface area contributed by atoms with Crippen LogP contribution in [0.15, 0.2) is 249 Å². The summed E-state index contributed by atoms with van der Waals surface area (Å²) in [7, 11) is 0. The zero-order valence-electron chi connectivity index (χ0n) is 39.7. The van der Waals surface area contributed by atoms with Gasteiger partial charge in [-0.25, -0.2) is 0 Å². The van der Waals surface area contributed by atoms with Gasteiger partial charge in [0.1, 0.15) is 0 Å². The van der Waals surface area contributed by atoms with Crippen LogP contribution >= 0.6 is 0 Å². The first kappa shape index (κ1) is 41.0. The third kappa shape index (κ3) is 6.14. The lowest BCUT2D eigenvalue weighted by molar-refractivity contribution is 0.632. The standard InChI is InChI=1S/C69H48N2/c1-44-49-24-10-14-34-63(49)70(64-35-15-11-25-50(44)64)47-38-40-58-59(42-47)67(55-31-19-23-46-21-5-7-27-52(46)55)57-41-39-48(71-65-36-16-12-32-61(65)69(2,3)62-33-13-17-37-66(62)71)43-60(57)68(58)56-29-9-8-28-54(56)53-30-18-22-45-20-4-6-26-51(45)53/h4-43H,1H2,2-3H3. The summed E-state index contributed by atoms with van der Waals surface area (Å²) in [6.45, 7) is 9.35. The molecular formula is C69H48N2. The zero-order valence-corrected chi connectivity index (χ0v) is 39.7. The molecule has 2 heteroatoms. The van der Waals surface area contributed by atoms with Gasteiger partial charge >= 0.3 is 0 Å². The molecule has 0 spiro atoms. The van der Waals surface area contributed by atoms with Gasteiger partial charge in [0.25, 0.3) is 0 Å². The predicted molar refractivity (Wildman–Crippen MR) is 302 cm³/mol. The largest absolute Gasteiger partial charge is 0.310 e. The number of hydrogen-bond acceptors (Lipinski definition) is 2. The van der Waals surface area contributed by atoms with Gasteiger partial charge in [-0.05, 0) is 142 Å². The number of rotatable bonds is 5. The Morgan fingerprint density at radius 2 is 0.676 bits per heavy atom. The van der Waals surface area contributed by atoms with E-state index < -0.39 is 0 Å². The van der Waals surface area contributed by atoms with Crippen LogP contribution in [0.4, 0.5) is 34.1 Å². The van der Waals surface area contributed by atoms with E-state index in [1.807, 2.05) is 0 Å². The molecule has 0 atom stereocenters. The summed E-state index contributed by atoms with van der Waals surface area (Å²) >= 11 is 0. The van der Waals surface area contributed by atoms with E-state index in [9.17, 15) is 0 Å². The number of fused-ring (bicyclic) bond motifs is 8. The molecule has 334 valence electrons. The van der Waals surface area contributed by atoms with Gasteiger partial charge < -0.3 is 9.80 Å². The van der Waals surface area contributed by atoms with E-state index in [1.165, 1.54) is 99.0 Å². The maximum atomic E-state index is 4.63. The number of para-hydroxylation sites is 4. The van der Waals surface area contributed by atoms with Crippen LogP contribution in [0, 0.1) is 0 Å². The second kappa shape index (κ2) is 15.8. The third-order valence-corrected chi connectivity index (χ3v) is 15.5. The monoisotopic (exact) mass is 904 g/mol. The summed E-state index contributed by atoms with van der Waals surface area (Å²) in [5, 5.41) is 9.68. The van der Waals surface area contributed by atoms with Crippen molar-refractivity contribution in [1.29, 1.82) is 0 Å². The van der Waals surface area contributed by atoms with Crippen LogP contribution in [0.5, 0.6) is 0 Å². The highest BCUT2D eigenvalue weighted by Crippen LogP contribution is 2.55. The highest BCUT2D eigenvalue weighted by atomic mass is 15.2. The van der Waals surface area contributed by atoms with Gasteiger partial charge in [-0.3, -0.25) is 0 Å². The minimum Gasteiger partial charge on any atom is -0.310 e. The Labute approximate surface area is 414 Å². The number of hydrogen-bond donors (Lipinski definition) is 0. The van der Waals surface area contributed by atoms with Crippen LogP contribution in [0.2, 0.25) is 0 Å². The van der Waals surface area contributed by atoms with Crippen molar-refractivity contribution < 1.29 is 0 Å². The molecule has 2 aliphatic heterocycles. The quantitative estimate of drug-likeness (QED) is 0.159. The van der Waals surface area contributed by atoms with Crippen molar-refractivity contribution in [2.75, 3.05) is 9.80 Å². The van der Waals surface area contributed by atoms with Gasteiger partial charge in [0.05, 0.1) is 22.7 Å². The van der Waals surface area contributed by atoms with E-state index in [-0.39, 0.29) is 5.41 Å². The average Bonchev–Trinajstić information content (AvgIpc) is 3.42. The smallest absolute Gasteiger partial charge is 0.0540 e. The Morgan fingerprint density at radius 3 is 1.24 bits per heavy atom. The summed E-state index contributed by atoms with van der Waals surface area (Å²) in [4.78, 5) is 4.94. The summed E-state index contributed by atoms with van der Waals surface area (Å²) in [6, 6.07) is 90.1. The Kier molecular flexibility index (Phi) is 9.12. The summed E-state index contributed by atoms with van der Waals surface area (Å²) in [5.74, 6) is 0. The molecule has 0 amide bonds. The lowest BCUT2D eigenvalue weighted by Gasteiger charge is -2.42. The van der Waals surface area contributed by atoms with Crippen LogP contribution in [-0.2, 0) is 5.41 Å². The van der Waals surface area contributed by atoms with E-state index in [2.05, 4.69) is 273 Å². The fourth-order valence-corrected chi connectivity index (χ4v) is 12.3. The van der Waals surface area contributed by atoms with Crippen LogP contribution in [-0.4, -0.2) is 0 Å². The summed E-state index contributed by atoms with van der Waals surface area (Å²) in [6.07, 6.45) is 0. The Bertz CT molecular complexity index is 4080. The first-order chi connectivity index (χ1) is 34.9. The molecule has 2 aliphatic rings. The fourth-order valence-electron chi connectivity index (χ4n) is 12.3. The molecule has 2 heterocycles. The van der Waals surface area contributed by atoms with Crippen molar-refractivity contribution in [3.63, 3.8) is 0 Å². The molecule has 12 aromatic carbocycles. The first-order valence-corrected chi connectivity index (χ1v) is 24.7. The molecule has 0 radical (unpaired) electrons. The molecule has 0 aromatic heterocycles. The van der Waals surface area contributed by atoms with E-state index in [0.717, 1.165) is 39.4 Å². The fraction of sp³-hybridized carbons (Fsp3) is 0.0435. The molecule has 0 saturated carbocycles. The highest BCUT2D eigenvalue weighted by molar-refractivity contribution is 6.26. The third-order valence-electron chi connectivity index (χ3n) is 15.5. The molecule has 0 unspecified atom stereocenters. The Morgan fingerprint density at radius 1 is 0.296 bits per heavy atom. The maximum Gasteiger partial charge on any atom is 0.0540 e. The van der Waals surface area contributed by atoms with Gasteiger partial charge in [0, 0.05) is 27.9 Å². The first-order valence-electron chi connectivity index (χ1n) is 24.7. The van der Waals surface area contributed by atoms with Gasteiger partial charge in [0.15, 0.2) is 0 Å². The molecule has 14 rings (SSSR count). The highest BCUT2D eigenvalue weighted by Gasteiger charge is 2.37. The molecule has 0 fully saturated rings. The van der Waals surface area contributed by atoms with E-state index >= 15 is 0 Å². The van der Waals surface area contributed by atoms with E-state index in [1.54, 1.807) is 0 Å². The Balaban J connectivity index is 1.14. The average molecular weight is 905 g/mol. The van der Waals surface area contributed by atoms with Crippen LogP contribution in [0.3, 0.4) is 0 Å². The van der Waals surface area contributed by atoms with Crippen molar-refractivity contribution in [1.82, 2.24) is 0 Å². The second-order valence-corrected chi connectivity index (χ2v) is 19.7. The minimum atomic E-state index is -0.179. The zero-order chi connectivity index (χ0) is 47.4. The lowest BCUT2D eigenvalue weighted by atomic mass is 9.73. The lowest BCUT2D eigenvalue weighted by Crippen LogP contribution is -2.30. The Hall–Kier alpha value is -8.98. The predicted octanol–water partition coefficient (Wildman–Crippen LogP) is 19.3. The van der Waals surface area contributed by atoms with Gasteiger partial charge in [0.2, 0.25) is 0 Å². The van der Waals surface area contributed by atoms with Gasteiger partial charge in [-0.2, -0.15) is 0 Å².